The van der Waals surface area contributed by atoms with Crippen LogP contribution in [-0.4, -0.2) is 48.4 Å². The molecule has 156 valence electrons. The minimum Gasteiger partial charge on any atom is -0.456 e. The van der Waals surface area contributed by atoms with Gasteiger partial charge in [0.1, 0.15) is 11.5 Å². The van der Waals surface area contributed by atoms with Gasteiger partial charge in [-0.2, -0.15) is 0 Å². The number of likely N-dealkylation sites (tertiary alicyclic amines) is 1. The van der Waals surface area contributed by atoms with Crippen molar-refractivity contribution in [2.45, 2.75) is 26.7 Å². The molecule has 0 aromatic heterocycles. The Morgan fingerprint density at radius 3 is 2.47 bits per heavy atom. The van der Waals surface area contributed by atoms with Gasteiger partial charge in [-0.3, -0.25) is 9.69 Å². The highest BCUT2D eigenvalue weighted by molar-refractivity contribution is 5.97. The Hall–Kier alpha value is -2.85. The molecule has 2 aromatic rings. The van der Waals surface area contributed by atoms with Crippen LogP contribution in [0.2, 0.25) is 0 Å². The number of amides is 1. The second-order valence-corrected chi connectivity index (χ2v) is 7.85. The maximum atomic E-state index is 12.9. The molecular formula is C26H30N2O2. The van der Waals surface area contributed by atoms with Crippen LogP contribution < -0.4 is 4.74 Å². The van der Waals surface area contributed by atoms with E-state index in [0.29, 0.717) is 18.7 Å². The first kappa shape index (κ1) is 20.4. The highest BCUT2D eigenvalue weighted by Crippen LogP contribution is 2.46. The molecule has 0 saturated carbocycles. The van der Waals surface area contributed by atoms with E-state index in [9.17, 15) is 4.79 Å². The van der Waals surface area contributed by atoms with E-state index in [4.69, 9.17) is 4.74 Å². The van der Waals surface area contributed by atoms with E-state index in [2.05, 4.69) is 29.7 Å². The topological polar surface area (TPSA) is 32.8 Å². The van der Waals surface area contributed by atoms with Crippen molar-refractivity contribution in [1.29, 1.82) is 0 Å². The highest BCUT2D eigenvalue weighted by atomic mass is 16.5. The molecule has 2 aliphatic heterocycles. The van der Waals surface area contributed by atoms with E-state index >= 15 is 0 Å². The zero-order chi connectivity index (χ0) is 21.1. The van der Waals surface area contributed by atoms with Crippen molar-refractivity contribution < 1.29 is 9.53 Å². The van der Waals surface area contributed by atoms with Gasteiger partial charge in [0.15, 0.2) is 0 Å². The molecule has 1 fully saturated rings. The number of ether oxygens (including phenoxy) is 1. The number of nitrogens with zero attached hydrogens (tertiary/aromatic N) is 2. The van der Waals surface area contributed by atoms with Gasteiger partial charge in [0.2, 0.25) is 0 Å². The Kier molecular flexibility index (Phi) is 6.05. The SMILES string of the molecule is C=CCN1CCC(=C2c3ccccc3Oc3cc(C(=O)N(CC)CC)ccc32)CC1. The Morgan fingerprint density at radius 1 is 1.07 bits per heavy atom. The molecule has 0 bridgehead atoms. The smallest absolute Gasteiger partial charge is 0.253 e. The largest absolute Gasteiger partial charge is 0.456 e. The normalized spacial score (nSPS) is 15.8. The van der Waals surface area contributed by atoms with Gasteiger partial charge in [0.05, 0.1) is 0 Å². The van der Waals surface area contributed by atoms with Crippen molar-refractivity contribution in [2.75, 3.05) is 32.7 Å². The summed E-state index contributed by atoms with van der Waals surface area (Å²) in [6.07, 6.45) is 4.06. The van der Waals surface area contributed by atoms with Gasteiger partial charge in [0.25, 0.3) is 5.91 Å². The number of benzene rings is 2. The average molecular weight is 403 g/mol. The summed E-state index contributed by atoms with van der Waals surface area (Å²) in [6, 6.07) is 14.2. The van der Waals surface area contributed by atoms with Gasteiger partial charge < -0.3 is 9.64 Å². The Labute approximate surface area is 179 Å². The third-order valence-corrected chi connectivity index (χ3v) is 6.13. The van der Waals surface area contributed by atoms with Crippen LogP contribution in [0.5, 0.6) is 11.5 Å². The summed E-state index contributed by atoms with van der Waals surface area (Å²) >= 11 is 0. The first-order valence-corrected chi connectivity index (χ1v) is 10.9. The molecule has 30 heavy (non-hydrogen) atoms. The molecule has 0 radical (unpaired) electrons. The minimum absolute atomic E-state index is 0.0530. The van der Waals surface area contributed by atoms with Crippen LogP contribution in [0.25, 0.3) is 5.57 Å². The zero-order valence-corrected chi connectivity index (χ0v) is 18.0. The summed E-state index contributed by atoms with van der Waals surface area (Å²) < 4.78 is 6.27. The first-order chi connectivity index (χ1) is 14.7. The van der Waals surface area contributed by atoms with E-state index in [0.717, 1.165) is 55.1 Å². The van der Waals surface area contributed by atoms with Crippen molar-refractivity contribution in [3.8, 4) is 11.5 Å². The van der Waals surface area contributed by atoms with E-state index in [1.807, 2.05) is 49.1 Å². The molecule has 0 spiro atoms. The molecule has 2 aliphatic rings. The second kappa shape index (κ2) is 8.88. The van der Waals surface area contributed by atoms with Crippen LogP contribution in [0, 0.1) is 0 Å². The lowest BCUT2D eigenvalue weighted by Crippen LogP contribution is -2.31. The van der Waals surface area contributed by atoms with E-state index in [1.54, 1.807) is 0 Å². The second-order valence-electron chi connectivity index (χ2n) is 7.85. The van der Waals surface area contributed by atoms with Crippen LogP contribution in [0.1, 0.15) is 48.2 Å². The number of hydrogen-bond acceptors (Lipinski definition) is 3. The summed E-state index contributed by atoms with van der Waals surface area (Å²) in [4.78, 5) is 17.1. The minimum atomic E-state index is 0.0530. The van der Waals surface area contributed by atoms with Gasteiger partial charge in [-0.05, 0) is 56.5 Å². The fraction of sp³-hybridized carbons (Fsp3) is 0.346. The Morgan fingerprint density at radius 2 is 1.77 bits per heavy atom. The van der Waals surface area contributed by atoms with E-state index < -0.39 is 0 Å². The molecule has 4 heteroatoms. The molecule has 2 heterocycles. The fourth-order valence-electron chi connectivity index (χ4n) is 4.48. The zero-order valence-electron chi connectivity index (χ0n) is 18.0. The molecule has 1 amide bonds. The molecule has 4 rings (SSSR count). The molecule has 4 nitrogen and oxygen atoms in total. The van der Waals surface area contributed by atoms with Gasteiger partial charge in [0, 0.05) is 49.4 Å². The maximum Gasteiger partial charge on any atom is 0.253 e. The molecule has 0 unspecified atom stereocenters. The lowest BCUT2D eigenvalue weighted by atomic mass is 9.85. The Balaban J connectivity index is 1.75. The number of carbonyl (C=O) groups excluding carboxylic acids is 1. The molecule has 0 N–H and O–H groups in total. The van der Waals surface area contributed by atoms with Crippen molar-refractivity contribution in [3.63, 3.8) is 0 Å². The molecular weight excluding hydrogens is 372 g/mol. The quantitative estimate of drug-likeness (QED) is 0.539. The van der Waals surface area contributed by atoms with Crippen LogP contribution in [0.15, 0.2) is 60.7 Å². The van der Waals surface area contributed by atoms with Gasteiger partial charge in [-0.1, -0.05) is 29.8 Å². The lowest BCUT2D eigenvalue weighted by molar-refractivity contribution is 0.0772. The van der Waals surface area contributed by atoms with Crippen molar-refractivity contribution >= 4 is 11.5 Å². The van der Waals surface area contributed by atoms with Crippen molar-refractivity contribution in [3.05, 3.63) is 77.4 Å². The van der Waals surface area contributed by atoms with E-state index in [1.165, 1.54) is 11.1 Å². The van der Waals surface area contributed by atoms with E-state index in [-0.39, 0.29) is 5.91 Å². The average Bonchev–Trinajstić information content (AvgIpc) is 2.78. The third kappa shape index (κ3) is 3.80. The number of piperidine rings is 1. The number of rotatable bonds is 5. The molecule has 2 aromatic carbocycles. The molecule has 1 saturated heterocycles. The standard InChI is InChI=1S/C26H30N2O2/c1-4-15-27-16-13-19(14-17-27)25-21-9-7-8-10-23(21)30-24-18-20(11-12-22(24)25)26(29)28(5-2)6-3/h4,7-12,18H,1,5-6,13-17H2,2-3H3. The van der Waals surface area contributed by atoms with Crippen LogP contribution >= 0.6 is 0 Å². The van der Waals surface area contributed by atoms with Crippen LogP contribution in [0.3, 0.4) is 0 Å². The summed E-state index contributed by atoms with van der Waals surface area (Å²) in [6.45, 7) is 12.3. The Bertz CT molecular complexity index is 978. The lowest BCUT2D eigenvalue weighted by Gasteiger charge is -2.31. The van der Waals surface area contributed by atoms with Crippen LogP contribution in [-0.2, 0) is 0 Å². The molecule has 0 aliphatic carbocycles. The van der Waals surface area contributed by atoms with Gasteiger partial charge >= 0.3 is 0 Å². The maximum absolute atomic E-state index is 12.9. The number of para-hydroxylation sites is 1. The summed E-state index contributed by atoms with van der Waals surface area (Å²) in [5, 5.41) is 0. The number of hydrogen-bond donors (Lipinski definition) is 0. The summed E-state index contributed by atoms with van der Waals surface area (Å²) in [5.74, 6) is 1.70. The number of fused-ring (bicyclic) bond motifs is 2. The van der Waals surface area contributed by atoms with Gasteiger partial charge in [-0.25, -0.2) is 0 Å². The monoisotopic (exact) mass is 402 g/mol. The van der Waals surface area contributed by atoms with Crippen molar-refractivity contribution in [2.24, 2.45) is 0 Å². The van der Waals surface area contributed by atoms with Gasteiger partial charge in [-0.15, -0.1) is 6.58 Å². The molecule has 0 atom stereocenters. The predicted molar refractivity (Wildman–Crippen MR) is 122 cm³/mol. The fourth-order valence-corrected chi connectivity index (χ4v) is 4.48. The summed E-state index contributed by atoms with van der Waals surface area (Å²) in [5.41, 5.74) is 5.68. The summed E-state index contributed by atoms with van der Waals surface area (Å²) in [7, 11) is 0. The highest BCUT2D eigenvalue weighted by Gasteiger charge is 2.27. The van der Waals surface area contributed by atoms with Crippen molar-refractivity contribution in [1.82, 2.24) is 9.80 Å². The first-order valence-electron chi connectivity index (χ1n) is 10.9. The number of carbonyl (C=O) groups is 1. The van der Waals surface area contributed by atoms with Crippen LogP contribution in [0.4, 0.5) is 0 Å². The predicted octanol–water partition coefficient (Wildman–Crippen LogP) is 5.36. The third-order valence-electron chi connectivity index (χ3n) is 6.13.